The number of nitrogens with zero attached hydrogens (tertiary/aromatic N) is 1. The van der Waals surface area contributed by atoms with Crippen LogP contribution in [0.5, 0.6) is 5.75 Å². The Labute approximate surface area is 132 Å². The Hall–Kier alpha value is -2.83. The molecule has 2 N–H and O–H groups in total. The lowest BCUT2D eigenvalue weighted by Crippen LogP contribution is -2.39. The summed E-state index contributed by atoms with van der Waals surface area (Å²) in [5.74, 6) is -0.345. The molecule has 1 aliphatic rings. The fraction of sp³-hybridized carbons (Fsp3) is 0.312. The lowest BCUT2D eigenvalue weighted by atomic mass is 10.2. The summed E-state index contributed by atoms with van der Waals surface area (Å²) in [6, 6.07) is 7.47. The minimum atomic E-state index is -0.787. The maximum Gasteiger partial charge on any atom is 0.329 e. The molecule has 2 amide bonds. The Bertz CT molecular complexity index is 790. The molecule has 0 atom stereocenters. The number of para-hydroxylation sites is 1. The van der Waals surface area contributed by atoms with Gasteiger partial charge in [0.05, 0.1) is 7.11 Å². The zero-order chi connectivity index (χ0) is 16.4. The number of hydrogen-bond donors (Lipinski definition) is 2. The third kappa shape index (κ3) is 3.33. The second-order valence-electron chi connectivity index (χ2n) is 5.38. The van der Waals surface area contributed by atoms with Gasteiger partial charge < -0.3 is 14.5 Å². The molecule has 1 aromatic heterocycles. The van der Waals surface area contributed by atoms with Gasteiger partial charge in [0.15, 0.2) is 17.1 Å². The zero-order valence-electron chi connectivity index (χ0n) is 12.9. The fourth-order valence-corrected chi connectivity index (χ4v) is 2.09. The van der Waals surface area contributed by atoms with Crippen molar-refractivity contribution in [3.05, 3.63) is 30.0 Å². The summed E-state index contributed by atoms with van der Waals surface area (Å²) in [5.41, 5.74) is 3.30. The minimum Gasteiger partial charge on any atom is -0.493 e. The number of hydrogen-bond acceptors (Lipinski definition) is 5. The highest BCUT2D eigenvalue weighted by Crippen LogP contribution is 2.28. The van der Waals surface area contributed by atoms with Crippen molar-refractivity contribution in [3.8, 4) is 5.75 Å². The highest BCUT2D eigenvalue weighted by Gasteiger charge is 2.26. The van der Waals surface area contributed by atoms with Gasteiger partial charge >= 0.3 is 11.8 Å². The quantitative estimate of drug-likeness (QED) is 0.509. The predicted octanol–water partition coefficient (Wildman–Crippen LogP) is 1.56. The van der Waals surface area contributed by atoms with E-state index in [4.69, 9.17) is 9.15 Å². The van der Waals surface area contributed by atoms with Crippen LogP contribution in [0.3, 0.4) is 0 Å². The first-order chi connectivity index (χ1) is 11.1. The third-order valence-corrected chi connectivity index (χ3v) is 3.53. The Morgan fingerprint density at radius 2 is 2.09 bits per heavy atom. The predicted molar refractivity (Wildman–Crippen MR) is 84.3 cm³/mol. The molecule has 0 spiro atoms. The number of amides is 2. The molecule has 0 bridgehead atoms. The average Bonchev–Trinajstić information content (AvgIpc) is 3.25. The van der Waals surface area contributed by atoms with Crippen molar-refractivity contribution >= 4 is 28.5 Å². The molecule has 1 saturated carbocycles. The lowest BCUT2D eigenvalue weighted by Gasteiger charge is -2.02. The van der Waals surface area contributed by atoms with Crippen LogP contribution in [0.4, 0.5) is 0 Å². The molecule has 1 fully saturated rings. The monoisotopic (exact) mass is 315 g/mol. The number of fused-ring (bicyclic) bond motifs is 1. The molecule has 7 heteroatoms. The highest BCUT2D eigenvalue weighted by molar-refractivity contribution is 6.35. The molecular formula is C16H17N3O4. The van der Waals surface area contributed by atoms with Crippen LogP contribution in [0.25, 0.3) is 11.0 Å². The molecule has 0 saturated heterocycles. The first kappa shape index (κ1) is 15.1. The number of furan rings is 1. The maximum absolute atomic E-state index is 11.6. The second-order valence-corrected chi connectivity index (χ2v) is 5.38. The van der Waals surface area contributed by atoms with E-state index in [0.29, 0.717) is 22.8 Å². The van der Waals surface area contributed by atoms with Crippen LogP contribution in [0.1, 0.15) is 25.5 Å². The van der Waals surface area contributed by atoms with E-state index in [1.54, 1.807) is 26.2 Å². The minimum absolute atomic E-state index is 0.126. The van der Waals surface area contributed by atoms with Crippen LogP contribution in [-0.2, 0) is 9.59 Å². The molecule has 1 aromatic carbocycles. The summed E-state index contributed by atoms with van der Waals surface area (Å²) in [4.78, 5) is 23.2. The summed E-state index contributed by atoms with van der Waals surface area (Å²) < 4.78 is 10.9. The van der Waals surface area contributed by atoms with Crippen molar-refractivity contribution in [1.29, 1.82) is 0 Å². The molecule has 3 rings (SSSR count). The molecule has 2 aromatic rings. The molecule has 7 nitrogen and oxygen atoms in total. The van der Waals surface area contributed by atoms with Crippen LogP contribution in [0.2, 0.25) is 0 Å². The molecule has 0 unspecified atom stereocenters. The Balaban J connectivity index is 1.72. The number of benzene rings is 1. The van der Waals surface area contributed by atoms with Crippen LogP contribution < -0.4 is 15.5 Å². The van der Waals surface area contributed by atoms with Crippen LogP contribution in [0.15, 0.2) is 33.8 Å². The standard InChI is InChI=1S/C16H17N3O4/c1-9(18-19-16(21)15(20)17-11-6-7-11)13-8-10-4-3-5-12(22-2)14(10)23-13/h3-5,8,11H,6-7H2,1-2H3,(H,17,20)(H,19,21)/b18-9-. The number of hydrazone groups is 1. The number of ether oxygens (including phenoxy) is 1. The van der Waals surface area contributed by atoms with Crippen LogP contribution in [0, 0.1) is 0 Å². The molecule has 23 heavy (non-hydrogen) atoms. The van der Waals surface area contributed by atoms with E-state index in [-0.39, 0.29) is 6.04 Å². The molecule has 0 radical (unpaired) electrons. The van der Waals surface area contributed by atoms with Crippen molar-refractivity contribution in [1.82, 2.24) is 10.7 Å². The van der Waals surface area contributed by atoms with Crippen molar-refractivity contribution in [2.45, 2.75) is 25.8 Å². The van der Waals surface area contributed by atoms with Crippen LogP contribution in [-0.4, -0.2) is 30.7 Å². The van der Waals surface area contributed by atoms with Crippen molar-refractivity contribution < 1.29 is 18.7 Å². The molecular weight excluding hydrogens is 298 g/mol. The van der Waals surface area contributed by atoms with E-state index in [9.17, 15) is 9.59 Å². The number of carbonyl (C=O) groups excluding carboxylic acids is 2. The molecule has 0 aliphatic heterocycles. The second kappa shape index (κ2) is 6.12. The normalized spacial score (nSPS) is 14.6. The van der Waals surface area contributed by atoms with Gasteiger partial charge in [-0.05, 0) is 31.9 Å². The van der Waals surface area contributed by atoms with Crippen LogP contribution >= 0.6 is 0 Å². The van der Waals surface area contributed by atoms with E-state index in [1.807, 2.05) is 12.1 Å². The smallest absolute Gasteiger partial charge is 0.329 e. The highest BCUT2D eigenvalue weighted by atomic mass is 16.5. The van der Waals surface area contributed by atoms with Gasteiger partial charge in [-0.15, -0.1) is 0 Å². The SMILES string of the molecule is COc1cccc2cc(/C(C)=N\NC(=O)C(=O)NC3CC3)oc12. The number of nitrogens with one attached hydrogen (secondary N) is 2. The average molecular weight is 315 g/mol. The number of carbonyl (C=O) groups is 2. The summed E-state index contributed by atoms with van der Waals surface area (Å²) in [7, 11) is 1.57. The van der Waals surface area contributed by atoms with E-state index >= 15 is 0 Å². The van der Waals surface area contributed by atoms with Gasteiger partial charge in [0.1, 0.15) is 5.71 Å². The first-order valence-corrected chi connectivity index (χ1v) is 7.30. The van der Waals surface area contributed by atoms with Crippen molar-refractivity contribution in [2.24, 2.45) is 5.10 Å². The van der Waals surface area contributed by atoms with Gasteiger partial charge in [0.2, 0.25) is 0 Å². The summed E-state index contributed by atoms with van der Waals surface area (Å²) in [5, 5.41) is 7.38. The van der Waals surface area contributed by atoms with Gasteiger partial charge in [-0.25, -0.2) is 5.43 Å². The third-order valence-electron chi connectivity index (χ3n) is 3.53. The zero-order valence-corrected chi connectivity index (χ0v) is 12.9. The molecule has 1 aliphatic carbocycles. The lowest BCUT2D eigenvalue weighted by molar-refractivity contribution is -0.139. The maximum atomic E-state index is 11.6. The Morgan fingerprint density at radius 1 is 1.30 bits per heavy atom. The van der Waals surface area contributed by atoms with E-state index in [1.165, 1.54) is 0 Å². The van der Waals surface area contributed by atoms with Gasteiger partial charge in [-0.3, -0.25) is 9.59 Å². The van der Waals surface area contributed by atoms with Gasteiger partial charge in [-0.2, -0.15) is 5.10 Å². The van der Waals surface area contributed by atoms with Gasteiger partial charge in [0.25, 0.3) is 0 Å². The summed E-state index contributed by atoms with van der Waals surface area (Å²) in [6.07, 6.45) is 1.84. The van der Waals surface area contributed by atoms with Crippen molar-refractivity contribution in [2.75, 3.05) is 7.11 Å². The first-order valence-electron chi connectivity index (χ1n) is 7.30. The Morgan fingerprint density at radius 3 is 2.78 bits per heavy atom. The molecule has 1 heterocycles. The Kier molecular flexibility index (Phi) is 4.01. The summed E-state index contributed by atoms with van der Waals surface area (Å²) >= 11 is 0. The number of methoxy groups -OCH3 is 1. The topological polar surface area (TPSA) is 92.9 Å². The van der Waals surface area contributed by atoms with Crippen molar-refractivity contribution in [3.63, 3.8) is 0 Å². The summed E-state index contributed by atoms with van der Waals surface area (Å²) in [6.45, 7) is 1.68. The number of rotatable bonds is 4. The van der Waals surface area contributed by atoms with E-state index in [2.05, 4.69) is 15.8 Å². The fourth-order valence-electron chi connectivity index (χ4n) is 2.09. The largest absolute Gasteiger partial charge is 0.493 e. The molecule has 120 valence electrons. The van der Waals surface area contributed by atoms with E-state index in [0.717, 1.165) is 18.2 Å². The van der Waals surface area contributed by atoms with Gasteiger partial charge in [0, 0.05) is 11.4 Å². The van der Waals surface area contributed by atoms with Gasteiger partial charge in [-0.1, -0.05) is 12.1 Å². The van der Waals surface area contributed by atoms with E-state index < -0.39 is 11.8 Å².